The van der Waals surface area contributed by atoms with Crippen molar-refractivity contribution < 1.29 is 13.2 Å². The molecular formula is C13H21NO3S. The Labute approximate surface area is 109 Å². The molecule has 4 nitrogen and oxygen atoms in total. The minimum Gasteiger partial charge on any atom is -0.384 e. The normalized spacial score (nSPS) is 13.6. The molecule has 18 heavy (non-hydrogen) atoms. The molecule has 0 bridgehead atoms. The van der Waals surface area contributed by atoms with Crippen molar-refractivity contribution in [1.82, 2.24) is 0 Å². The molecule has 1 aromatic rings. The van der Waals surface area contributed by atoms with E-state index < -0.39 is 15.9 Å². The number of rotatable bonds is 6. The summed E-state index contributed by atoms with van der Waals surface area (Å²) in [6.07, 6.45) is 0. The first-order chi connectivity index (χ1) is 8.35. The van der Waals surface area contributed by atoms with Crippen LogP contribution in [0, 0.1) is 13.8 Å². The van der Waals surface area contributed by atoms with Gasteiger partial charge in [0.25, 0.3) is 0 Å². The highest BCUT2D eigenvalue weighted by molar-refractivity contribution is 7.91. The Balaban J connectivity index is 2.82. The van der Waals surface area contributed by atoms with E-state index in [0.29, 0.717) is 0 Å². The highest BCUT2D eigenvalue weighted by Crippen LogP contribution is 2.19. The van der Waals surface area contributed by atoms with E-state index in [1.165, 1.54) is 7.11 Å². The summed E-state index contributed by atoms with van der Waals surface area (Å²) in [5.74, 6) is -0.0251. The van der Waals surface area contributed by atoms with Crippen LogP contribution in [0.4, 0.5) is 0 Å². The molecule has 102 valence electrons. The number of aryl methyl sites for hydroxylation is 2. The quantitative estimate of drug-likeness (QED) is 0.848. The van der Waals surface area contributed by atoms with E-state index in [2.05, 4.69) is 0 Å². The summed E-state index contributed by atoms with van der Waals surface area (Å²) in [6.45, 7) is 4.12. The average Bonchev–Trinajstić information content (AvgIpc) is 2.29. The van der Waals surface area contributed by atoms with Crippen LogP contribution >= 0.6 is 0 Å². The lowest BCUT2D eigenvalue weighted by atomic mass is 10.0. The van der Waals surface area contributed by atoms with Gasteiger partial charge in [-0.25, -0.2) is 8.42 Å². The Hall–Kier alpha value is -0.910. The van der Waals surface area contributed by atoms with Crippen LogP contribution in [-0.4, -0.2) is 33.6 Å². The second-order valence-corrected chi connectivity index (χ2v) is 6.80. The molecule has 0 aliphatic heterocycles. The third-order valence-electron chi connectivity index (χ3n) is 2.87. The summed E-state index contributed by atoms with van der Waals surface area (Å²) < 4.78 is 28.4. The van der Waals surface area contributed by atoms with Gasteiger partial charge in [-0.15, -0.1) is 0 Å². The maximum absolute atomic E-state index is 11.8. The van der Waals surface area contributed by atoms with E-state index in [9.17, 15) is 8.42 Å². The monoisotopic (exact) mass is 271 g/mol. The van der Waals surface area contributed by atoms with Crippen molar-refractivity contribution in [3.05, 3.63) is 34.9 Å². The van der Waals surface area contributed by atoms with Crippen LogP contribution in [-0.2, 0) is 14.6 Å². The van der Waals surface area contributed by atoms with E-state index in [-0.39, 0.29) is 18.1 Å². The lowest BCUT2D eigenvalue weighted by Crippen LogP contribution is -2.25. The molecule has 0 aliphatic carbocycles. The van der Waals surface area contributed by atoms with Gasteiger partial charge in [0, 0.05) is 13.2 Å². The Morgan fingerprint density at radius 1 is 1.33 bits per heavy atom. The van der Waals surface area contributed by atoms with Gasteiger partial charge in [-0.1, -0.05) is 23.8 Å². The zero-order valence-electron chi connectivity index (χ0n) is 11.1. The molecule has 0 amide bonds. The van der Waals surface area contributed by atoms with Gasteiger partial charge >= 0.3 is 0 Å². The molecular weight excluding hydrogens is 250 g/mol. The van der Waals surface area contributed by atoms with Crippen molar-refractivity contribution >= 4 is 9.84 Å². The average molecular weight is 271 g/mol. The smallest absolute Gasteiger partial charge is 0.154 e. The molecule has 1 aromatic carbocycles. The standard InChI is InChI=1S/C13H21NO3S/c1-10-4-5-11(2)12(8-10)13(14)9-18(15,16)7-6-17-3/h4-5,8,13H,6-7,9,14H2,1-3H3. The molecule has 0 saturated heterocycles. The lowest BCUT2D eigenvalue weighted by Gasteiger charge is -2.15. The van der Waals surface area contributed by atoms with E-state index in [1.807, 2.05) is 32.0 Å². The first kappa shape index (κ1) is 15.1. The number of methoxy groups -OCH3 is 1. The molecule has 1 atom stereocenters. The van der Waals surface area contributed by atoms with Gasteiger partial charge in [-0.2, -0.15) is 0 Å². The molecule has 0 aliphatic rings. The zero-order valence-corrected chi connectivity index (χ0v) is 12.0. The molecule has 1 unspecified atom stereocenters. The molecule has 5 heteroatoms. The third-order valence-corrected chi connectivity index (χ3v) is 4.52. The second kappa shape index (κ2) is 6.31. The molecule has 0 saturated carbocycles. The fourth-order valence-electron chi connectivity index (χ4n) is 1.82. The molecule has 1 rings (SSSR count). The first-order valence-corrected chi connectivity index (χ1v) is 7.70. The highest BCUT2D eigenvalue weighted by Gasteiger charge is 2.18. The van der Waals surface area contributed by atoms with Crippen LogP contribution in [0.5, 0.6) is 0 Å². The van der Waals surface area contributed by atoms with Crippen LogP contribution in [0.1, 0.15) is 22.7 Å². The predicted molar refractivity (Wildman–Crippen MR) is 73.4 cm³/mol. The van der Waals surface area contributed by atoms with Gasteiger partial charge in [-0.05, 0) is 25.0 Å². The minimum atomic E-state index is -3.17. The minimum absolute atomic E-state index is 0.0159. The fourth-order valence-corrected chi connectivity index (χ4v) is 3.13. The fraction of sp³-hybridized carbons (Fsp3) is 0.538. The number of hydrogen-bond donors (Lipinski definition) is 1. The Morgan fingerprint density at radius 2 is 2.00 bits per heavy atom. The van der Waals surface area contributed by atoms with Crippen LogP contribution in [0.3, 0.4) is 0 Å². The van der Waals surface area contributed by atoms with Crippen molar-refractivity contribution in [2.75, 3.05) is 25.2 Å². The van der Waals surface area contributed by atoms with Crippen molar-refractivity contribution in [2.45, 2.75) is 19.9 Å². The Kier molecular flexibility index (Phi) is 5.31. The topological polar surface area (TPSA) is 69.4 Å². The number of hydrogen-bond acceptors (Lipinski definition) is 4. The molecule has 0 aromatic heterocycles. The van der Waals surface area contributed by atoms with Gasteiger partial charge < -0.3 is 10.5 Å². The van der Waals surface area contributed by atoms with Gasteiger partial charge in [0.1, 0.15) is 0 Å². The van der Waals surface area contributed by atoms with Crippen LogP contribution < -0.4 is 5.73 Å². The Bertz CT molecular complexity index is 497. The predicted octanol–water partition coefficient (Wildman–Crippen LogP) is 1.36. The number of nitrogens with two attached hydrogens (primary N) is 1. The summed E-state index contributed by atoms with van der Waals surface area (Å²) >= 11 is 0. The van der Waals surface area contributed by atoms with Crippen molar-refractivity contribution in [3.63, 3.8) is 0 Å². The van der Waals surface area contributed by atoms with Crippen molar-refractivity contribution in [1.29, 1.82) is 0 Å². The van der Waals surface area contributed by atoms with Crippen molar-refractivity contribution in [2.24, 2.45) is 5.73 Å². The lowest BCUT2D eigenvalue weighted by molar-refractivity contribution is 0.217. The maximum Gasteiger partial charge on any atom is 0.154 e. The zero-order chi connectivity index (χ0) is 13.8. The van der Waals surface area contributed by atoms with Gasteiger partial charge in [-0.3, -0.25) is 0 Å². The van der Waals surface area contributed by atoms with Crippen molar-refractivity contribution in [3.8, 4) is 0 Å². The maximum atomic E-state index is 11.8. The highest BCUT2D eigenvalue weighted by atomic mass is 32.2. The summed E-state index contributed by atoms with van der Waals surface area (Å²) in [6, 6.07) is 5.43. The third kappa shape index (κ3) is 4.40. The van der Waals surface area contributed by atoms with Gasteiger partial charge in [0.15, 0.2) is 9.84 Å². The van der Waals surface area contributed by atoms with E-state index in [0.717, 1.165) is 16.7 Å². The van der Waals surface area contributed by atoms with E-state index in [1.54, 1.807) is 0 Å². The number of benzene rings is 1. The summed E-state index contributed by atoms with van der Waals surface area (Å²) in [4.78, 5) is 0. The summed E-state index contributed by atoms with van der Waals surface area (Å²) in [5, 5.41) is 0. The van der Waals surface area contributed by atoms with E-state index >= 15 is 0 Å². The van der Waals surface area contributed by atoms with E-state index in [4.69, 9.17) is 10.5 Å². The largest absolute Gasteiger partial charge is 0.384 e. The molecule has 0 heterocycles. The number of ether oxygens (including phenoxy) is 1. The second-order valence-electron chi connectivity index (χ2n) is 4.57. The summed E-state index contributed by atoms with van der Waals surface area (Å²) in [7, 11) is -1.68. The summed E-state index contributed by atoms with van der Waals surface area (Å²) in [5.41, 5.74) is 9.01. The van der Waals surface area contributed by atoms with Gasteiger partial charge in [0.05, 0.1) is 18.1 Å². The van der Waals surface area contributed by atoms with Crippen LogP contribution in [0.15, 0.2) is 18.2 Å². The van der Waals surface area contributed by atoms with Crippen LogP contribution in [0.25, 0.3) is 0 Å². The van der Waals surface area contributed by atoms with Gasteiger partial charge in [0.2, 0.25) is 0 Å². The number of sulfone groups is 1. The SMILES string of the molecule is COCCS(=O)(=O)CC(N)c1cc(C)ccc1C. The van der Waals surface area contributed by atoms with Crippen LogP contribution in [0.2, 0.25) is 0 Å². The first-order valence-electron chi connectivity index (χ1n) is 5.88. The Morgan fingerprint density at radius 3 is 2.61 bits per heavy atom. The molecule has 0 radical (unpaired) electrons. The molecule has 0 spiro atoms. The molecule has 0 fully saturated rings. The molecule has 2 N–H and O–H groups in total.